The third-order valence-corrected chi connectivity index (χ3v) is 2.28. The zero-order valence-corrected chi connectivity index (χ0v) is 10.4. The van der Waals surface area contributed by atoms with Crippen LogP contribution in [0.5, 0.6) is 5.75 Å². The molecular weight excluding hydrogens is 286 g/mol. The summed E-state index contributed by atoms with van der Waals surface area (Å²) in [6, 6.07) is 4.57. The van der Waals surface area contributed by atoms with Crippen LogP contribution in [0, 0.1) is 12.3 Å². The number of primary amides is 1. The molecule has 0 saturated heterocycles. The minimum Gasteiger partial charge on any atom is -0.480 e. The fraction of sp³-hybridized carbons (Fsp3) is 0.0909. The quantitative estimate of drug-likeness (QED) is 0.501. The Labute approximate surface area is 107 Å². The van der Waals surface area contributed by atoms with Gasteiger partial charge in [0.25, 0.3) is 0 Å². The van der Waals surface area contributed by atoms with Gasteiger partial charge in [-0.1, -0.05) is 5.92 Å². The van der Waals surface area contributed by atoms with Gasteiger partial charge in [-0.2, -0.15) is 5.10 Å². The highest BCUT2D eigenvalue weighted by atomic mass is 79.9. The number of hydrogen-bond acceptors (Lipinski definition) is 3. The molecule has 88 valence electrons. The van der Waals surface area contributed by atoms with E-state index in [1.165, 1.54) is 6.21 Å². The topological polar surface area (TPSA) is 76.7 Å². The molecule has 0 aliphatic carbocycles. The first-order valence-corrected chi connectivity index (χ1v) is 5.37. The van der Waals surface area contributed by atoms with E-state index in [1.54, 1.807) is 18.2 Å². The summed E-state index contributed by atoms with van der Waals surface area (Å²) in [5, 5.41) is 3.63. The second kappa shape index (κ2) is 6.55. The van der Waals surface area contributed by atoms with Crippen LogP contribution in [0.25, 0.3) is 0 Å². The lowest BCUT2D eigenvalue weighted by Gasteiger charge is -2.05. The van der Waals surface area contributed by atoms with Gasteiger partial charge >= 0.3 is 6.03 Å². The first-order chi connectivity index (χ1) is 8.13. The molecular formula is C11H10BrN3O2. The Bertz CT molecular complexity index is 480. The SMILES string of the molecule is C#CCOc1ccc(C=NNC(N)=O)cc1Br. The minimum absolute atomic E-state index is 0.204. The number of nitrogens with zero attached hydrogens (tertiary/aromatic N) is 1. The predicted molar refractivity (Wildman–Crippen MR) is 68.8 cm³/mol. The molecule has 0 heterocycles. The van der Waals surface area contributed by atoms with E-state index in [9.17, 15) is 4.79 Å². The number of nitrogens with one attached hydrogen (secondary N) is 1. The van der Waals surface area contributed by atoms with Crippen LogP contribution in [0.4, 0.5) is 4.79 Å². The van der Waals surface area contributed by atoms with Gasteiger partial charge < -0.3 is 10.5 Å². The van der Waals surface area contributed by atoms with Crippen molar-refractivity contribution in [3.05, 3.63) is 28.2 Å². The molecule has 2 amide bonds. The standard InChI is InChI=1S/C11H10BrN3O2/c1-2-5-17-10-4-3-8(6-9(10)12)7-14-15-11(13)16/h1,3-4,6-7H,5H2,(H3,13,15,16). The van der Waals surface area contributed by atoms with Gasteiger partial charge in [-0.25, -0.2) is 10.2 Å². The van der Waals surface area contributed by atoms with Crippen LogP contribution in [-0.2, 0) is 0 Å². The number of carbonyl (C=O) groups excluding carboxylic acids is 1. The first-order valence-electron chi connectivity index (χ1n) is 4.58. The molecule has 17 heavy (non-hydrogen) atoms. The Morgan fingerprint density at radius 3 is 3.06 bits per heavy atom. The maximum Gasteiger partial charge on any atom is 0.332 e. The molecule has 6 heteroatoms. The maximum atomic E-state index is 10.4. The van der Waals surface area contributed by atoms with Gasteiger partial charge in [-0.05, 0) is 39.7 Å². The van der Waals surface area contributed by atoms with Crippen molar-refractivity contribution in [3.63, 3.8) is 0 Å². The third kappa shape index (κ3) is 4.57. The lowest BCUT2D eigenvalue weighted by Crippen LogP contribution is -2.24. The molecule has 1 aromatic carbocycles. The van der Waals surface area contributed by atoms with Crippen LogP contribution in [0.3, 0.4) is 0 Å². The van der Waals surface area contributed by atoms with Crippen molar-refractivity contribution < 1.29 is 9.53 Å². The second-order valence-electron chi connectivity index (χ2n) is 2.92. The molecule has 0 aromatic heterocycles. The lowest BCUT2D eigenvalue weighted by atomic mass is 10.2. The van der Waals surface area contributed by atoms with E-state index in [-0.39, 0.29) is 6.61 Å². The van der Waals surface area contributed by atoms with Crippen LogP contribution in [0.2, 0.25) is 0 Å². The highest BCUT2D eigenvalue weighted by molar-refractivity contribution is 9.10. The van der Waals surface area contributed by atoms with Gasteiger partial charge in [0.05, 0.1) is 10.7 Å². The summed E-state index contributed by atoms with van der Waals surface area (Å²) in [5.41, 5.74) is 7.73. The largest absolute Gasteiger partial charge is 0.480 e. The van der Waals surface area contributed by atoms with E-state index in [1.807, 2.05) is 0 Å². The van der Waals surface area contributed by atoms with E-state index in [0.29, 0.717) is 5.75 Å². The van der Waals surface area contributed by atoms with Crippen LogP contribution < -0.4 is 15.9 Å². The molecule has 0 saturated carbocycles. The first kappa shape index (κ1) is 13.1. The number of ether oxygens (including phenoxy) is 1. The summed E-state index contributed by atoms with van der Waals surface area (Å²) in [6.45, 7) is 0.204. The number of carbonyl (C=O) groups is 1. The number of hydrogen-bond donors (Lipinski definition) is 2. The Morgan fingerprint density at radius 1 is 1.71 bits per heavy atom. The average Bonchev–Trinajstić information content (AvgIpc) is 2.27. The molecule has 0 bridgehead atoms. The van der Waals surface area contributed by atoms with Crippen molar-refractivity contribution in [1.82, 2.24) is 5.43 Å². The molecule has 1 rings (SSSR count). The number of nitrogens with two attached hydrogens (primary N) is 1. The molecule has 1 aromatic rings. The predicted octanol–water partition coefficient (Wildman–Crippen LogP) is 1.46. The summed E-state index contributed by atoms with van der Waals surface area (Å²) in [7, 11) is 0. The van der Waals surface area contributed by atoms with Crippen molar-refractivity contribution >= 4 is 28.2 Å². The van der Waals surface area contributed by atoms with Crippen molar-refractivity contribution in [2.75, 3.05) is 6.61 Å². The van der Waals surface area contributed by atoms with Crippen LogP contribution >= 0.6 is 15.9 Å². The van der Waals surface area contributed by atoms with Crippen molar-refractivity contribution in [2.24, 2.45) is 10.8 Å². The molecule has 3 N–H and O–H groups in total. The zero-order chi connectivity index (χ0) is 12.7. The highest BCUT2D eigenvalue weighted by Crippen LogP contribution is 2.25. The summed E-state index contributed by atoms with van der Waals surface area (Å²) in [4.78, 5) is 10.4. The summed E-state index contributed by atoms with van der Waals surface area (Å²) >= 11 is 3.33. The zero-order valence-electron chi connectivity index (χ0n) is 8.81. The van der Waals surface area contributed by atoms with Crippen molar-refractivity contribution in [3.8, 4) is 18.1 Å². The molecule has 0 atom stereocenters. The fourth-order valence-corrected chi connectivity index (χ4v) is 1.52. The number of benzene rings is 1. The third-order valence-electron chi connectivity index (χ3n) is 1.66. The summed E-state index contributed by atoms with van der Waals surface area (Å²) in [5.74, 6) is 3.02. The Balaban J connectivity index is 2.72. The monoisotopic (exact) mass is 295 g/mol. The average molecular weight is 296 g/mol. The van der Waals surface area contributed by atoms with Crippen molar-refractivity contribution in [1.29, 1.82) is 0 Å². The number of halogens is 1. The van der Waals surface area contributed by atoms with Gasteiger partial charge in [-0.3, -0.25) is 0 Å². The number of urea groups is 1. The molecule has 0 aliphatic heterocycles. The van der Waals surface area contributed by atoms with Crippen LogP contribution in [-0.4, -0.2) is 18.9 Å². The number of amides is 2. The normalized spacial score (nSPS) is 9.88. The fourth-order valence-electron chi connectivity index (χ4n) is 1.00. The van der Waals surface area contributed by atoms with Crippen LogP contribution in [0.15, 0.2) is 27.8 Å². The van der Waals surface area contributed by atoms with E-state index in [0.717, 1.165) is 10.0 Å². The number of rotatable bonds is 4. The maximum absolute atomic E-state index is 10.4. The molecule has 0 fully saturated rings. The minimum atomic E-state index is -0.714. The van der Waals surface area contributed by atoms with E-state index < -0.39 is 6.03 Å². The number of terminal acetylenes is 1. The van der Waals surface area contributed by atoms with Gasteiger partial charge in [0.1, 0.15) is 12.4 Å². The highest BCUT2D eigenvalue weighted by Gasteiger charge is 2.00. The molecule has 0 spiro atoms. The van der Waals surface area contributed by atoms with Gasteiger partial charge in [0.15, 0.2) is 0 Å². The van der Waals surface area contributed by atoms with E-state index >= 15 is 0 Å². The van der Waals surface area contributed by atoms with Crippen LogP contribution in [0.1, 0.15) is 5.56 Å². The summed E-state index contributed by atoms with van der Waals surface area (Å²) in [6.07, 6.45) is 6.55. The Morgan fingerprint density at radius 2 is 2.47 bits per heavy atom. The molecule has 0 aliphatic rings. The van der Waals surface area contributed by atoms with Gasteiger partial charge in [0, 0.05) is 0 Å². The number of hydrazone groups is 1. The second-order valence-corrected chi connectivity index (χ2v) is 3.77. The Kier molecular flexibility index (Phi) is 5.04. The van der Waals surface area contributed by atoms with Gasteiger partial charge in [0.2, 0.25) is 0 Å². The van der Waals surface area contributed by atoms with E-state index in [2.05, 4.69) is 32.4 Å². The lowest BCUT2D eigenvalue weighted by molar-refractivity contribution is 0.249. The van der Waals surface area contributed by atoms with Gasteiger partial charge in [-0.15, -0.1) is 6.42 Å². The molecule has 5 nitrogen and oxygen atoms in total. The molecule has 0 radical (unpaired) electrons. The summed E-state index contributed by atoms with van der Waals surface area (Å²) < 4.78 is 6.01. The Hall–Kier alpha value is -2.00. The van der Waals surface area contributed by atoms with Crippen molar-refractivity contribution in [2.45, 2.75) is 0 Å². The molecule has 0 unspecified atom stereocenters. The van der Waals surface area contributed by atoms with E-state index in [4.69, 9.17) is 16.9 Å². The smallest absolute Gasteiger partial charge is 0.332 e.